The Morgan fingerprint density at radius 3 is 1.78 bits per heavy atom. The summed E-state index contributed by atoms with van der Waals surface area (Å²) in [7, 11) is 0. The quantitative estimate of drug-likeness (QED) is 0.204. The molecule has 0 atom stereocenters. The van der Waals surface area contributed by atoms with Gasteiger partial charge >= 0.3 is 0 Å². The van der Waals surface area contributed by atoms with Crippen LogP contribution in [0, 0.1) is 0 Å². The van der Waals surface area contributed by atoms with E-state index in [4.69, 9.17) is 8.83 Å². The molecular weight excluding hydrogens is 550 g/mol. The lowest BCUT2D eigenvalue weighted by Crippen LogP contribution is -2.11. The summed E-state index contributed by atoms with van der Waals surface area (Å²) in [4.78, 5) is 2.33. The van der Waals surface area contributed by atoms with Gasteiger partial charge in [-0.15, -0.1) is 0 Å². The second kappa shape index (κ2) is 10.3. The minimum Gasteiger partial charge on any atom is -0.456 e. The molecule has 3 nitrogen and oxygen atoms in total. The van der Waals surface area contributed by atoms with Crippen LogP contribution in [0.4, 0.5) is 17.1 Å². The highest BCUT2D eigenvalue weighted by molar-refractivity contribution is 6.13. The fraction of sp³-hybridized carbons (Fsp3) is 0. The summed E-state index contributed by atoms with van der Waals surface area (Å²) in [6.07, 6.45) is 0. The van der Waals surface area contributed by atoms with Gasteiger partial charge in [0.05, 0.1) is 5.69 Å². The first kappa shape index (κ1) is 25.4. The Bertz CT molecular complexity index is 2490. The molecule has 212 valence electrons. The van der Waals surface area contributed by atoms with E-state index in [9.17, 15) is 0 Å². The molecule has 3 heteroatoms. The van der Waals surface area contributed by atoms with Crippen molar-refractivity contribution in [2.24, 2.45) is 0 Å². The van der Waals surface area contributed by atoms with Crippen LogP contribution < -0.4 is 4.90 Å². The molecule has 0 spiro atoms. The molecule has 0 N–H and O–H groups in total. The van der Waals surface area contributed by atoms with Gasteiger partial charge in [-0.1, -0.05) is 115 Å². The predicted molar refractivity (Wildman–Crippen MR) is 187 cm³/mol. The maximum atomic E-state index is 6.63. The van der Waals surface area contributed by atoms with Crippen LogP contribution in [0.15, 0.2) is 173 Å². The summed E-state index contributed by atoms with van der Waals surface area (Å²) in [6.45, 7) is 0. The van der Waals surface area contributed by atoms with Crippen LogP contribution in [0.25, 0.3) is 66.1 Å². The number of furan rings is 2. The Morgan fingerprint density at radius 1 is 0.378 bits per heavy atom. The summed E-state index contributed by atoms with van der Waals surface area (Å²) in [5.74, 6) is 0. The number of benzene rings is 7. The van der Waals surface area contributed by atoms with E-state index >= 15 is 0 Å². The zero-order chi connectivity index (χ0) is 29.7. The maximum Gasteiger partial charge on any atom is 0.143 e. The Balaban J connectivity index is 1.37. The normalized spacial score (nSPS) is 11.6. The highest BCUT2D eigenvalue weighted by Gasteiger charge is 2.24. The lowest BCUT2D eigenvalue weighted by atomic mass is 9.91. The van der Waals surface area contributed by atoms with Crippen molar-refractivity contribution in [1.82, 2.24) is 0 Å². The molecule has 2 heterocycles. The van der Waals surface area contributed by atoms with Crippen LogP contribution in [0.1, 0.15) is 0 Å². The largest absolute Gasteiger partial charge is 0.456 e. The summed E-state index contributed by atoms with van der Waals surface area (Å²) < 4.78 is 13.0. The van der Waals surface area contributed by atoms with Crippen molar-refractivity contribution >= 4 is 60.9 Å². The second-order valence-electron chi connectivity index (χ2n) is 11.3. The number of hydrogen-bond donors (Lipinski definition) is 0. The molecule has 0 radical (unpaired) electrons. The van der Waals surface area contributed by atoms with Crippen molar-refractivity contribution < 1.29 is 8.83 Å². The molecule has 9 aromatic rings. The molecule has 7 aromatic carbocycles. The predicted octanol–water partition coefficient (Wildman–Crippen LogP) is 12.3. The number of nitrogens with zero attached hydrogens (tertiary/aromatic N) is 1. The van der Waals surface area contributed by atoms with Gasteiger partial charge < -0.3 is 13.7 Å². The molecule has 0 aliphatic heterocycles. The van der Waals surface area contributed by atoms with E-state index in [1.54, 1.807) is 0 Å². The van der Waals surface area contributed by atoms with Crippen LogP contribution in [0.2, 0.25) is 0 Å². The number of para-hydroxylation sites is 4. The Hall–Kier alpha value is -6.06. The van der Waals surface area contributed by atoms with E-state index in [1.165, 1.54) is 0 Å². The van der Waals surface area contributed by atoms with Crippen molar-refractivity contribution in [2.75, 3.05) is 4.90 Å². The van der Waals surface area contributed by atoms with E-state index in [-0.39, 0.29) is 0 Å². The summed E-state index contributed by atoms with van der Waals surface area (Å²) in [5, 5.41) is 4.44. The van der Waals surface area contributed by atoms with E-state index < -0.39 is 0 Å². The number of anilines is 3. The van der Waals surface area contributed by atoms with Gasteiger partial charge in [-0.3, -0.25) is 0 Å². The van der Waals surface area contributed by atoms with Crippen molar-refractivity contribution in [1.29, 1.82) is 0 Å². The molecule has 0 aliphatic rings. The van der Waals surface area contributed by atoms with Crippen molar-refractivity contribution in [3.63, 3.8) is 0 Å². The smallest absolute Gasteiger partial charge is 0.143 e. The van der Waals surface area contributed by atoms with E-state index in [1.807, 2.05) is 24.3 Å². The van der Waals surface area contributed by atoms with Crippen LogP contribution in [-0.2, 0) is 0 Å². The number of rotatable bonds is 5. The van der Waals surface area contributed by atoms with E-state index in [0.29, 0.717) is 0 Å². The first-order chi connectivity index (χ1) is 22.3. The molecule has 9 rings (SSSR count). The van der Waals surface area contributed by atoms with Crippen LogP contribution >= 0.6 is 0 Å². The summed E-state index contributed by atoms with van der Waals surface area (Å²) in [5.41, 5.74) is 11.0. The van der Waals surface area contributed by atoms with Gasteiger partial charge in [-0.05, 0) is 53.6 Å². The Kier molecular flexibility index (Phi) is 5.82. The molecule has 0 saturated heterocycles. The first-order valence-electron chi connectivity index (χ1n) is 15.2. The van der Waals surface area contributed by atoms with Gasteiger partial charge in [-0.2, -0.15) is 0 Å². The molecule has 0 amide bonds. The lowest BCUT2D eigenvalue weighted by Gasteiger charge is -2.29. The van der Waals surface area contributed by atoms with Gasteiger partial charge in [0, 0.05) is 50.1 Å². The van der Waals surface area contributed by atoms with Gasteiger partial charge in [0.2, 0.25) is 0 Å². The molecule has 0 bridgehead atoms. The number of hydrogen-bond acceptors (Lipinski definition) is 3. The Morgan fingerprint density at radius 2 is 0.978 bits per heavy atom. The second-order valence-corrected chi connectivity index (χ2v) is 11.3. The van der Waals surface area contributed by atoms with Crippen LogP contribution in [0.3, 0.4) is 0 Å². The van der Waals surface area contributed by atoms with Crippen molar-refractivity contribution in [3.05, 3.63) is 164 Å². The third-order valence-electron chi connectivity index (χ3n) is 8.68. The topological polar surface area (TPSA) is 29.5 Å². The monoisotopic (exact) mass is 577 g/mol. The SMILES string of the molecule is c1ccc(-c2cccc(N(c3ccccc3)c3ccc4c(c3)oc3ccccc34)c2-c2cccc3c2oc2ccccc23)cc1. The number of fused-ring (bicyclic) bond motifs is 6. The minimum absolute atomic E-state index is 0.856. The third-order valence-corrected chi connectivity index (χ3v) is 8.68. The molecule has 45 heavy (non-hydrogen) atoms. The zero-order valence-corrected chi connectivity index (χ0v) is 24.4. The summed E-state index contributed by atoms with van der Waals surface area (Å²) in [6, 6.07) is 57.2. The average molecular weight is 578 g/mol. The summed E-state index contributed by atoms with van der Waals surface area (Å²) >= 11 is 0. The Labute approximate surface area is 260 Å². The first-order valence-corrected chi connectivity index (χ1v) is 15.2. The van der Waals surface area contributed by atoms with Gasteiger partial charge in [0.1, 0.15) is 22.3 Å². The lowest BCUT2D eigenvalue weighted by molar-refractivity contribution is 0.669. The molecule has 0 unspecified atom stereocenters. The molecule has 0 saturated carbocycles. The van der Waals surface area contributed by atoms with Gasteiger partial charge in [-0.25, -0.2) is 0 Å². The van der Waals surface area contributed by atoms with Crippen molar-refractivity contribution in [3.8, 4) is 22.3 Å². The standard InChI is InChI=1S/C42H27NO2/c1-3-13-28(14-4-1)31-19-12-22-37(41(31)36-21-11-20-35-33-18-8-10-24-39(33)45-42(35)36)43(29-15-5-2-6-16-29)30-25-26-34-32-17-7-9-23-38(32)44-40(34)27-30/h1-27H. The zero-order valence-electron chi connectivity index (χ0n) is 24.4. The maximum absolute atomic E-state index is 6.63. The molecular formula is C42H27NO2. The van der Waals surface area contributed by atoms with E-state index in [2.05, 4.69) is 144 Å². The van der Waals surface area contributed by atoms with Gasteiger partial charge in [0.25, 0.3) is 0 Å². The fourth-order valence-electron chi connectivity index (χ4n) is 6.67. The van der Waals surface area contributed by atoms with E-state index in [0.717, 1.165) is 83.2 Å². The highest BCUT2D eigenvalue weighted by Crippen LogP contribution is 2.48. The average Bonchev–Trinajstić information content (AvgIpc) is 3.67. The molecule has 0 fully saturated rings. The van der Waals surface area contributed by atoms with Crippen LogP contribution in [-0.4, -0.2) is 0 Å². The molecule has 2 aromatic heterocycles. The minimum atomic E-state index is 0.856. The third kappa shape index (κ3) is 4.13. The van der Waals surface area contributed by atoms with Crippen LogP contribution in [0.5, 0.6) is 0 Å². The fourth-order valence-corrected chi connectivity index (χ4v) is 6.67. The van der Waals surface area contributed by atoms with Crippen molar-refractivity contribution in [2.45, 2.75) is 0 Å². The highest BCUT2D eigenvalue weighted by atomic mass is 16.3. The molecule has 0 aliphatic carbocycles. The van der Waals surface area contributed by atoms with Gasteiger partial charge in [0.15, 0.2) is 0 Å².